The van der Waals surface area contributed by atoms with Crippen molar-refractivity contribution >= 4 is 51.6 Å². The van der Waals surface area contributed by atoms with Crippen molar-refractivity contribution in [3.63, 3.8) is 0 Å². The molecule has 12 nitrogen and oxygen atoms in total. The summed E-state index contributed by atoms with van der Waals surface area (Å²) in [5.74, 6) is -1.33. The highest BCUT2D eigenvalue weighted by molar-refractivity contribution is 7.07. The van der Waals surface area contributed by atoms with E-state index in [0.717, 1.165) is 11.1 Å². The number of carboxylic acids is 1. The zero-order chi connectivity index (χ0) is 31.0. The number of benzene rings is 2. The number of fused-ring (bicyclic) bond motifs is 1. The van der Waals surface area contributed by atoms with Crippen LogP contribution < -0.4 is 5.73 Å². The Kier molecular flexibility index (Phi) is 7.97. The molecule has 0 spiro atoms. The second kappa shape index (κ2) is 11.9. The molecule has 0 bridgehead atoms. The molecule has 5 aromatic rings. The molecule has 0 saturated carbocycles. The Morgan fingerprint density at radius 3 is 2.70 bits per heavy atom. The molecule has 0 amide bonds. The third-order valence-electron chi connectivity index (χ3n) is 7.42. The Morgan fingerprint density at radius 1 is 1.23 bits per heavy atom. The van der Waals surface area contributed by atoms with Gasteiger partial charge in [0.05, 0.1) is 30.7 Å². The Hall–Kier alpha value is -4.52. The quantitative estimate of drug-likeness (QED) is 0.154. The third kappa shape index (κ3) is 5.25. The highest BCUT2D eigenvalue weighted by Gasteiger charge is 2.49. The van der Waals surface area contributed by atoms with Gasteiger partial charge in [0.2, 0.25) is 10.9 Å². The number of anilines is 1. The van der Waals surface area contributed by atoms with Crippen LogP contribution in [0, 0.1) is 6.57 Å². The van der Waals surface area contributed by atoms with Crippen LogP contribution in [-0.4, -0.2) is 65.7 Å². The van der Waals surface area contributed by atoms with Crippen molar-refractivity contribution in [1.29, 1.82) is 0 Å². The summed E-state index contributed by atoms with van der Waals surface area (Å²) in [6.45, 7) is 6.95. The molecule has 4 N–H and O–H groups in total. The van der Waals surface area contributed by atoms with E-state index in [4.69, 9.17) is 33.4 Å². The van der Waals surface area contributed by atoms with Crippen LogP contribution in [0.3, 0.4) is 0 Å². The van der Waals surface area contributed by atoms with E-state index in [0.29, 0.717) is 11.3 Å². The van der Waals surface area contributed by atoms with E-state index >= 15 is 4.39 Å². The van der Waals surface area contributed by atoms with E-state index in [9.17, 15) is 15.0 Å². The minimum atomic E-state index is -1.99. The van der Waals surface area contributed by atoms with Crippen LogP contribution >= 0.6 is 22.9 Å². The number of carboxylic acid groups (broad SMARTS) is 1. The molecule has 3 aromatic heterocycles. The number of imidazole rings is 1. The lowest BCUT2D eigenvalue weighted by atomic mass is 9.90. The molecule has 1 unspecified atom stereocenters. The van der Waals surface area contributed by atoms with Crippen LogP contribution in [0.25, 0.3) is 27.1 Å². The Bertz CT molecular complexity index is 1870. The molecule has 224 valence electrons. The summed E-state index contributed by atoms with van der Waals surface area (Å²) >= 11 is 7.12. The number of hydrogen-bond acceptors (Lipinski definition) is 10. The first kappa shape index (κ1) is 29.5. The minimum Gasteiger partial charge on any atom is -0.479 e. The zero-order valence-corrected chi connectivity index (χ0v) is 24.2. The number of rotatable bonds is 9. The number of aliphatic carboxylic acids is 1. The number of halogens is 2. The summed E-state index contributed by atoms with van der Waals surface area (Å²) in [5, 5.41) is 22.7. The third-order valence-corrected chi connectivity index (χ3v) is 8.17. The maximum atomic E-state index is 15.4. The van der Waals surface area contributed by atoms with Gasteiger partial charge in [0.15, 0.2) is 29.6 Å². The number of para-hydroxylation sites is 1. The number of carbonyl (C=O) groups is 1. The molecule has 15 heteroatoms. The molecule has 2 aromatic carbocycles. The standard InChI is InChI=1S/C29H23ClFN7O5S/c1-33-18-5-3-2-4-17(18)16-8-6-15(7-9-16)10-29(27(40)41,20-12-44-14-35-20)42-11-19-23(39)21(31)26(43-19)38-13-34-22-24(32)36-28(30)37-25(22)38/h2-9,12-14,19,21,23,26,39H,10-11H2,(H,40,41)(H2,32,36,37)/t19-,21+,23-,26-,29?/m1/s1. The van der Waals surface area contributed by atoms with Gasteiger partial charge in [-0.15, -0.1) is 11.3 Å². The van der Waals surface area contributed by atoms with Gasteiger partial charge in [0, 0.05) is 11.8 Å². The summed E-state index contributed by atoms with van der Waals surface area (Å²) in [6.07, 6.45) is -5.14. The van der Waals surface area contributed by atoms with Crippen LogP contribution in [0.1, 0.15) is 17.5 Å². The van der Waals surface area contributed by atoms with Gasteiger partial charge in [-0.05, 0) is 28.3 Å². The number of alkyl halides is 1. The SMILES string of the molecule is [C-]#[N+]c1ccccc1-c1ccc(CC(OC[C@H]2O[C@@H](n3cnc4c(N)nc(Cl)nc43)[C@@H](F)[C@@H]2O)(C(=O)O)c2cscn2)cc1. The van der Waals surface area contributed by atoms with Crippen molar-refractivity contribution in [2.75, 3.05) is 12.3 Å². The Labute approximate surface area is 258 Å². The molecule has 6 rings (SSSR count). The lowest BCUT2D eigenvalue weighted by Crippen LogP contribution is -2.44. The molecule has 0 radical (unpaired) electrons. The number of thiazole rings is 1. The van der Waals surface area contributed by atoms with Crippen molar-refractivity contribution in [3.05, 3.63) is 93.7 Å². The summed E-state index contributed by atoms with van der Waals surface area (Å²) in [4.78, 5) is 32.7. The van der Waals surface area contributed by atoms with Crippen LogP contribution in [0.2, 0.25) is 5.28 Å². The number of aromatic nitrogens is 5. The fourth-order valence-corrected chi connectivity index (χ4v) is 5.95. The van der Waals surface area contributed by atoms with E-state index in [2.05, 4.69) is 24.8 Å². The summed E-state index contributed by atoms with van der Waals surface area (Å²) in [5.41, 5.74) is 8.42. The molecule has 1 fully saturated rings. The first-order chi connectivity index (χ1) is 21.2. The molecule has 1 aliphatic heterocycles. The van der Waals surface area contributed by atoms with Gasteiger partial charge in [-0.25, -0.2) is 24.0 Å². The van der Waals surface area contributed by atoms with E-state index < -0.39 is 42.8 Å². The number of aliphatic hydroxyl groups is 1. The maximum Gasteiger partial charge on any atom is 0.342 e. The average Bonchev–Trinajstić information content (AvgIpc) is 3.77. The predicted molar refractivity (Wildman–Crippen MR) is 159 cm³/mol. The number of nitrogens with two attached hydrogens (primary N) is 1. The first-order valence-corrected chi connectivity index (χ1v) is 14.5. The van der Waals surface area contributed by atoms with Crippen LogP contribution in [0.5, 0.6) is 0 Å². The lowest BCUT2D eigenvalue weighted by molar-refractivity contribution is -0.177. The summed E-state index contributed by atoms with van der Waals surface area (Å²) in [7, 11) is 0. The van der Waals surface area contributed by atoms with Crippen molar-refractivity contribution in [3.8, 4) is 11.1 Å². The molecule has 1 aliphatic rings. The predicted octanol–water partition coefficient (Wildman–Crippen LogP) is 4.57. The lowest BCUT2D eigenvalue weighted by Gasteiger charge is -2.30. The highest BCUT2D eigenvalue weighted by atomic mass is 35.5. The molecular formula is C29H23ClFN7O5S. The molecule has 44 heavy (non-hydrogen) atoms. The number of hydrogen-bond donors (Lipinski definition) is 3. The van der Waals surface area contributed by atoms with E-state index in [-0.39, 0.29) is 34.4 Å². The smallest absolute Gasteiger partial charge is 0.342 e. The second-order valence-electron chi connectivity index (χ2n) is 10.0. The molecule has 4 heterocycles. The van der Waals surface area contributed by atoms with Gasteiger partial charge in [0.1, 0.15) is 17.7 Å². The van der Waals surface area contributed by atoms with E-state index in [1.807, 2.05) is 12.1 Å². The zero-order valence-electron chi connectivity index (χ0n) is 22.6. The van der Waals surface area contributed by atoms with Gasteiger partial charge >= 0.3 is 5.97 Å². The van der Waals surface area contributed by atoms with E-state index in [1.54, 1.807) is 41.8 Å². The van der Waals surface area contributed by atoms with Crippen LogP contribution in [-0.2, 0) is 26.3 Å². The molecule has 1 saturated heterocycles. The van der Waals surface area contributed by atoms with Crippen molar-refractivity contribution in [2.45, 2.75) is 36.6 Å². The second-order valence-corrected chi connectivity index (χ2v) is 11.1. The van der Waals surface area contributed by atoms with Gasteiger partial charge in [-0.3, -0.25) is 4.57 Å². The van der Waals surface area contributed by atoms with Crippen molar-refractivity contribution in [1.82, 2.24) is 24.5 Å². The monoisotopic (exact) mass is 635 g/mol. The minimum absolute atomic E-state index is 0.00859. The Morgan fingerprint density at radius 2 is 2.00 bits per heavy atom. The molecule has 5 atom stereocenters. The first-order valence-electron chi connectivity index (χ1n) is 13.2. The average molecular weight is 636 g/mol. The van der Waals surface area contributed by atoms with Gasteiger partial charge in [0.25, 0.3) is 0 Å². The summed E-state index contributed by atoms with van der Waals surface area (Å²) in [6, 6.07) is 14.3. The number of nitrogen functional groups attached to an aromatic ring is 1. The maximum absolute atomic E-state index is 15.4. The van der Waals surface area contributed by atoms with Gasteiger partial charge in [-0.2, -0.15) is 9.97 Å². The fraction of sp³-hybridized carbons (Fsp3) is 0.241. The normalized spacial score (nSPS) is 21.2. The molecular weight excluding hydrogens is 613 g/mol. The number of ether oxygens (including phenoxy) is 2. The Balaban J connectivity index is 1.26. The largest absolute Gasteiger partial charge is 0.479 e. The van der Waals surface area contributed by atoms with Crippen LogP contribution in [0.15, 0.2) is 65.7 Å². The topological polar surface area (TPSA) is 163 Å². The highest BCUT2D eigenvalue weighted by Crippen LogP contribution is 2.38. The van der Waals surface area contributed by atoms with Crippen molar-refractivity contribution in [2.24, 2.45) is 0 Å². The van der Waals surface area contributed by atoms with Gasteiger partial charge in [-0.1, -0.05) is 48.5 Å². The summed E-state index contributed by atoms with van der Waals surface area (Å²) < 4.78 is 28.6. The van der Waals surface area contributed by atoms with Crippen molar-refractivity contribution < 1.29 is 28.9 Å². The number of nitrogens with zero attached hydrogens (tertiary/aromatic N) is 6. The molecule has 0 aliphatic carbocycles. The van der Waals surface area contributed by atoms with Gasteiger partial charge < -0.3 is 25.4 Å². The van der Waals surface area contributed by atoms with E-state index in [1.165, 1.54) is 27.7 Å². The van der Waals surface area contributed by atoms with Crippen LogP contribution in [0.4, 0.5) is 15.9 Å². The number of aliphatic hydroxyl groups excluding tert-OH is 1. The fourth-order valence-electron chi connectivity index (χ4n) is 5.17.